The van der Waals surface area contributed by atoms with E-state index >= 15 is 0 Å². The second kappa shape index (κ2) is 9.80. The van der Waals surface area contributed by atoms with Crippen LogP contribution in [0, 0.1) is 0 Å². The van der Waals surface area contributed by atoms with Crippen molar-refractivity contribution in [2.24, 2.45) is 0 Å². The standard InChI is InChI=1S/C38H31NS/c1-2-10-27(11-3-1)33-15-8-16-34-36-32-14-7-6-13-30(32)24-35(38(36)40-37(33)34)39-31-21-19-26(20-22-31)29-18-17-25-9-4-5-12-28(25)23-29/h4-9,12-24,27,39H,1-3,10-11H2. The van der Waals surface area contributed by atoms with Crippen molar-refractivity contribution in [3.63, 3.8) is 0 Å². The summed E-state index contributed by atoms with van der Waals surface area (Å²) < 4.78 is 2.84. The van der Waals surface area contributed by atoms with E-state index in [1.807, 2.05) is 11.3 Å². The zero-order valence-electron chi connectivity index (χ0n) is 22.5. The molecule has 6 aromatic carbocycles. The topological polar surface area (TPSA) is 12.0 Å². The Balaban J connectivity index is 1.22. The van der Waals surface area contributed by atoms with Crippen LogP contribution < -0.4 is 5.32 Å². The monoisotopic (exact) mass is 533 g/mol. The molecule has 7 aromatic rings. The highest BCUT2D eigenvalue weighted by molar-refractivity contribution is 7.26. The quantitative estimate of drug-likeness (QED) is 0.237. The minimum absolute atomic E-state index is 0.691. The van der Waals surface area contributed by atoms with Gasteiger partial charge in [-0.25, -0.2) is 0 Å². The van der Waals surface area contributed by atoms with Gasteiger partial charge < -0.3 is 5.32 Å². The van der Waals surface area contributed by atoms with Crippen LogP contribution in [0.15, 0.2) is 115 Å². The van der Waals surface area contributed by atoms with E-state index in [-0.39, 0.29) is 0 Å². The molecular formula is C38H31NS. The van der Waals surface area contributed by atoms with Gasteiger partial charge in [-0.2, -0.15) is 0 Å². The van der Waals surface area contributed by atoms with Crippen molar-refractivity contribution in [1.82, 2.24) is 0 Å². The Labute approximate surface area is 239 Å². The van der Waals surface area contributed by atoms with Gasteiger partial charge >= 0.3 is 0 Å². The van der Waals surface area contributed by atoms with Crippen LogP contribution in [0.1, 0.15) is 43.6 Å². The van der Waals surface area contributed by atoms with Crippen molar-refractivity contribution in [1.29, 1.82) is 0 Å². The van der Waals surface area contributed by atoms with Crippen LogP contribution in [0.25, 0.3) is 52.8 Å². The summed E-state index contributed by atoms with van der Waals surface area (Å²) in [4.78, 5) is 0. The molecule has 1 nitrogen and oxygen atoms in total. The first kappa shape index (κ1) is 23.7. The Kier molecular flexibility index (Phi) is 5.81. The van der Waals surface area contributed by atoms with Gasteiger partial charge in [-0.05, 0) is 81.3 Å². The van der Waals surface area contributed by atoms with Gasteiger partial charge in [-0.15, -0.1) is 11.3 Å². The van der Waals surface area contributed by atoms with Crippen molar-refractivity contribution in [2.45, 2.75) is 38.0 Å². The van der Waals surface area contributed by atoms with Gasteiger partial charge in [-0.3, -0.25) is 0 Å². The summed E-state index contributed by atoms with van der Waals surface area (Å²) in [6, 6.07) is 42.4. The molecule has 8 rings (SSSR count). The Bertz CT molecular complexity index is 2010. The van der Waals surface area contributed by atoms with Crippen LogP contribution in [0.5, 0.6) is 0 Å². The molecule has 0 atom stereocenters. The molecule has 194 valence electrons. The average molecular weight is 534 g/mol. The minimum Gasteiger partial charge on any atom is -0.354 e. The van der Waals surface area contributed by atoms with Gasteiger partial charge in [0.2, 0.25) is 0 Å². The van der Waals surface area contributed by atoms with Gasteiger partial charge in [0.25, 0.3) is 0 Å². The first-order chi connectivity index (χ1) is 19.8. The third-order valence-electron chi connectivity index (χ3n) is 8.81. The van der Waals surface area contributed by atoms with Crippen LogP contribution in [-0.4, -0.2) is 0 Å². The maximum absolute atomic E-state index is 3.82. The second-order valence-electron chi connectivity index (χ2n) is 11.3. The van der Waals surface area contributed by atoms with Gasteiger partial charge in [0.1, 0.15) is 0 Å². The Hall–Kier alpha value is -4.14. The summed E-state index contributed by atoms with van der Waals surface area (Å²) in [5, 5.41) is 11.8. The molecule has 0 aliphatic heterocycles. The molecule has 1 heterocycles. The second-order valence-corrected chi connectivity index (χ2v) is 12.3. The molecule has 0 unspecified atom stereocenters. The number of hydrogen-bond acceptors (Lipinski definition) is 2. The number of benzene rings is 6. The lowest BCUT2D eigenvalue weighted by Crippen LogP contribution is -2.04. The highest BCUT2D eigenvalue weighted by Crippen LogP contribution is 2.47. The maximum Gasteiger partial charge on any atom is 0.0597 e. The van der Waals surface area contributed by atoms with Crippen LogP contribution in [0.4, 0.5) is 11.4 Å². The third-order valence-corrected chi connectivity index (χ3v) is 10.1. The normalized spacial score (nSPS) is 14.4. The SMILES string of the molecule is c1ccc2cc(-c3ccc(Nc4cc5ccccc5c5c4sc4c(C6CCCCC6)cccc45)cc3)ccc2c1. The molecule has 0 spiro atoms. The fourth-order valence-corrected chi connectivity index (χ4v) is 8.15. The molecule has 0 saturated heterocycles. The molecule has 0 bridgehead atoms. The van der Waals surface area contributed by atoms with Crippen LogP contribution in [0.2, 0.25) is 0 Å². The summed E-state index contributed by atoms with van der Waals surface area (Å²) in [6.45, 7) is 0. The number of thiophene rings is 1. The van der Waals surface area contributed by atoms with E-state index < -0.39 is 0 Å². The lowest BCUT2D eigenvalue weighted by atomic mass is 9.83. The molecule has 1 aliphatic rings. The van der Waals surface area contributed by atoms with Gasteiger partial charge in [0, 0.05) is 21.2 Å². The molecule has 0 amide bonds. The molecule has 1 saturated carbocycles. The molecule has 40 heavy (non-hydrogen) atoms. The van der Waals surface area contributed by atoms with Gasteiger partial charge in [0.15, 0.2) is 0 Å². The van der Waals surface area contributed by atoms with E-state index in [2.05, 4.69) is 121 Å². The molecular weight excluding hydrogens is 502 g/mol. The lowest BCUT2D eigenvalue weighted by Gasteiger charge is -2.22. The highest BCUT2D eigenvalue weighted by atomic mass is 32.1. The lowest BCUT2D eigenvalue weighted by molar-refractivity contribution is 0.446. The summed E-state index contributed by atoms with van der Waals surface area (Å²) in [5.74, 6) is 0.691. The predicted octanol–water partition coefficient (Wildman–Crippen LogP) is 11.8. The third kappa shape index (κ3) is 4.06. The molecule has 0 radical (unpaired) electrons. The van der Waals surface area contributed by atoms with E-state index in [1.165, 1.54) is 90.6 Å². The zero-order chi connectivity index (χ0) is 26.5. The fraction of sp³-hybridized carbons (Fsp3) is 0.158. The molecule has 1 aromatic heterocycles. The van der Waals surface area contributed by atoms with Crippen LogP contribution >= 0.6 is 11.3 Å². The average Bonchev–Trinajstić information content (AvgIpc) is 3.42. The highest BCUT2D eigenvalue weighted by Gasteiger charge is 2.21. The zero-order valence-corrected chi connectivity index (χ0v) is 23.3. The van der Waals surface area contributed by atoms with Crippen molar-refractivity contribution in [3.05, 3.63) is 121 Å². The van der Waals surface area contributed by atoms with E-state index in [1.54, 1.807) is 5.56 Å². The summed E-state index contributed by atoms with van der Waals surface area (Å²) in [6.07, 6.45) is 6.75. The summed E-state index contributed by atoms with van der Waals surface area (Å²) in [7, 11) is 0. The van der Waals surface area contributed by atoms with E-state index in [0.29, 0.717) is 5.92 Å². The summed E-state index contributed by atoms with van der Waals surface area (Å²) >= 11 is 1.98. The molecule has 1 aliphatic carbocycles. The largest absolute Gasteiger partial charge is 0.354 e. The van der Waals surface area contributed by atoms with Crippen molar-refractivity contribution in [2.75, 3.05) is 5.32 Å². The van der Waals surface area contributed by atoms with Gasteiger partial charge in [0.05, 0.1) is 10.4 Å². The Morgan fingerprint density at radius 3 is 2.12 bits per heavy atom. The van der Waals surface area contributed by atoms with Crippen molar-refractivity contribution >= 4 is 64.4 Å². The Morgan fingerprint density at radius 2 is 1.27 bits per heavy atom. The maximum atomic E-state index is 3.82. The minimum atomic E-state index is 0.691. The van der Waals surface area contributed by atoms with E-state index in [0.717, 1.165) is 5.69 Å². The number of rotatable bonds is 4. The fourth-order valence-electron chi connectivity index (χ4n) is 6.77. The van der Waals surface area contributed by atoms with Gasteiger partial charge in [-0.1, -0.05) is 110 Å². The van der Waals surface area contributed by atoms with Crippen molar-refractivity contribution in [3.8, 4) is 11.1 Å². The molecule has 2 heteroatoms. The predicted molar refractivity (Wildman–Crippen MR) is 175 cm³/mol. The number of fused-ring (bicyclic) bond motifs is 6. The first-order valence-electron chi connectivity index (χ1n) is 14.5. The molecule has 1 fully saturated rings. The number of hydrogen-bond donors (Lipinski definition) is 1. The summed E-state index contributed by atoms with van der Waals surface area (Å²) in [5.41, 5.74) is 6.36. The van der Waals surface area contributed by atoms with E-state index in [9.17, 15) is 0 Å². The van der Waals surface area contributed by atoms with Crippen LogP contribution in [-0.2, 0) is 0 Å². The van der Waals surface area contributed by atoms with E-state index in [4.69, 9.17) is 0 Å². The first-order valence-corrected chi connectivity index (χ1v) is 15.4. The van der Waals surface area contributed by atoms with Crippen molar-refractivity contribution < 1.29 is 0 Å². The smallest absolute Gasteiger partial charge is 0.0597 e. The number of nitrogens with one attached hydrogen (secondary N) is 1. The van der Waals surface area contributed by atoms with Crippen LogP contribution in [0.3, 0.4) is 0 Å². The Morgan fingerprint density at radius 1 is 0.550 bits per heavy atom. The number of anilines is 2. The molecule has 1 N–H and O–H groups in total.